The molecule has 1 heterocycles. The number of nitrogens with zero attached hydrogens (tertiary/aromatic N) is 2. The summed E-state index contributed by atoms with van der Waals surface area (Å²) in [5, 5.41) is 2.97. The number of methoxy groups -OCH3 is 1. The number of esters is 1. The van der Waals surface area contributed by atoms with Crippen LogP contribution in [-0.2, 0) is 22.5 Å². The van der Waals surface area contributed by atoms with E-state index >= 15 is 0 Å². The Morgan fingerprint density at radius 2 is 2.05 bits per heavy atom. The van der Waals surface area contributed by atoms with Crippen LogP contribution in [0.4, 0.5) is 5.13 Å². The monoisotopic (exact) mass is 304 g/mol. The highest BCUT2D eigenvalue weighted by atomic mass is 32.1. The lowest BCUT2D eigenvalue weighted by Crippen LogP contribution is -2.16. The van der Waals surface area contributed by atoms with Crippen molar-refractivity contribution in [3.8, 4) is 0 Å². The third-order valence-electron chi connectivity index (χ3n) is 3.22. The summed E-state index contributed by atoms with van der Waals surface area (Å²) in [4.78, 5) is 17.8. The van der Waals surface area contributed by atoms with E-state index in [9.17, 15) is 4.79 Å². The molecule has 1 aromatic carbocycles. The number of benzene rings is 1. The van der Waals surface area contributed by atoms with Crippen molar-refractivity contribution in [2.75, 3.05) is 19.1 Å². The van der Waals surface area contributed by atoms with Crippen LogP contribution in [0.1, 0.15) is 23.2 Å². The molecule has 0 fully saturated rings. The molecular weight excluding hydrogens is 284 g/mol. The SMILES string of the molecule is COC(=O)CCc1csc(N(C)Cc2ccc(C)cc2)n1. The van der Waals surface area contributed by atoms with Gasteiger partial charge in [0, 0.05) is 25.4 Å². The standard InChI is InChI=1S/C16H20N2O2S/c1-12-4-6-13(7-5-12)10-18(2)16-17-14(11-21-16)8-9-15(19)20-3/h4-7,11H,8-10H2,1-3H3. The van der Waals surface area contributed by atoms with Gasteiger partial charge in [-0.25, -0.2) is 4.98 Å². The van der Waals surface area contributed by atoms with Crippen molar-refractivity contribution < 1.29 is 9.53 Å². The van der Waals surface area contributed by atoms with Gasteiger partial charge in [0.2, 0.25) is 0 Å². The first-order valence-corrected chi connectivity index (χ1v) is 7.74. The van der Waals surface area contributed by atoms with E-state index in [-0.39, 0.29) is 5.97 Å². The molecule has 0 saturated carbocycles. The zero-order valence-electron chi connectivity index (χ0n) is 12.6. The van der Waals surface area contributed by atoms with Gasteiger partial charge in [0.1, 0.15) is 0 Å². The second-order valence-corrected chi connectivity index (χ2v) is 5.88. The van der Waals surface area contributed by atoms with Crippen LogP contribution in [0, 0.1) is 6.92 Å². The van der Waals surface area contributed by atoms with Crippen molar-refractivity contribution in [3.05, 3.63) is 46.5 Å². The van der Waals surface area contributed by atoms with Crippen molar-refractivity contribution in [3.63, 3.8) is 0 Å². The number of ether oxygens (including phenoxy) is 1. The summed E-state index contributed by atoms with van der Waals surface area (Å²) in [6.07, 6.45) is 1.00. The van der Waals surface area contributed by atoms with Gasteiger partial charge < -0.3 is 9.64 Å². The minimum Gasteiger partial charge on any atom is -0.469 e. The van der Waals surface area contributed by atoms with Gasteiger partial charge >= 0.3 is 5.97 Å². The largest absolute Gasteiger partial charge is 0.469 e. The maximum absolute atomic E-state index is 11.1. The van der Waals surface area contributed by atoms with Gasteiger partial charge in [0.25, 0.3) is 0 Å². The summed E-state index contributed by atoms with van der Waals surface area (Å²) in [5.74, 6) is -0.197. The maximum atomic E-state index is 11.1. The highest BCUT2D eigenvalue weighted by molar-refractivity contribution is 7.13. The minimum absolute atomic E-state index is 0.197. The maximum Gasteiger partial charge on any atom is 0.305 e. The topological polar surface area (TPSA) is 42.4 Å². The number of hydrogen-bond donors (Lipinski definition) is 0. The highest BCUT2D eigenvalue weighted by Gasteiger charge is 2.09. The molecular formula is C16H20N2O2S. The summed E-state index contributed by atoms with van der Waals surface area (Å²) >= 11 is 1.60. The predicted molar refractivity (Wildman–Crippen MR) is 85.7 cm³/mol. The Kier molecular flexibility index (Phi) is 5.33. The molecule has 0 aliphatic heterocycles. The van der Waals surface area contributed by atoms with E-state index in [4.69, 9.17) is 0 Å². The Morgan fingerprint density at radius 3 is 2.71 bits per heavy atom. The summed E-state index contributed by atoms with van der Waals surface area (Å²) in [6.45, 7) is 2.91. The van der Waals surface area contributed by atoms with Crippen LogP contribution in [0.2, 0.25) is 0 Å². The number of anilines is 1. The van der Waals surface area contributed by atoms with E-state index < -0.39 is 0 Å². The zero-order valence-corrected chi connectivity index (χ0v) is 13.4. The van der Waals surface area contributed by atoms with E-state index in [1.54, 1.807) is 11.3 Å². The molecule has 2 aromatic rings. The molecule has 0 radical (unpaired) electrons. The summed E-state index contributed by atoms with van der Waals surface area (Å²) < 4.78 is 4.64. The van der Waals surface area contributed by atoms with Crippen LogP contribution < -0.4 is 4.90 Å². The number of hydrogen-bond acceptors (Lipinski definition) is 5. The number of carbonyl (C=O) groups is 1. The molecule has 1 aromatic heterocycles. The number of thiazole rings is 1. The van der Waals surface area contributed by atoms with Crippen molar-refractivity contribution in [2.45, 2.75) is 26.3 Å². The normalized spacial score (nSPS) is 10.4. The van der Waals surface area contributed by atoms with Crippen LogP contribution in [0.25, 0.3) is 0 Å². The molecule has 0 aliphatic carbocycles. The molecule has 5 heteroatoms. The second kappa shape index (κ2) is 7.22. The number of rotatable bonds is 6. The Hall–Kier alpha value is -1.88. The van der Waals surface area contributed by atoms with Crippen LogP contribution in [-0.4, -0.2) is 25.1 Å². The molecule has 21 heavy (non-hydrogen) atoms. The van der Waals surface area contributed by atoms with Gasteiger partial charge in [-0.05, 0) is 12.5 Å². The first-order chi connectivity index (χ1) is 10.1. The third kappa shape index (κ3) is 4.56. The van der Waals surface area contributed by atoms with Gasteiger partial charge in [0.05, 0.1) is 19.2 Å². The van der Waals surface area contributed by atoms with Gasteiger partial charge in [-0.1, -0.05) is 29.8 Å². The Bertz CT molecular complexity index is 593. The van der Waals surface area contributed by atoms with E-state index in [2.05, 4.69) is 45.8 Å². The van der Waals surface area contributed by atoms with Gasteiger partial charge in [0.15, 0.2) is 5.13 Å². The number of aromatic nitrogens is 1. The molecule has 112 valence electrons. The van der Waals surface area contributed by atoms with E-state index in [1.165, 1.54) is 18.2 Å². The lowest BCUT2D eigenvalue weighted by Gasteiger charge is -2.15. The highest BCUT2D eigenvalue weighted by Crippen LogP contribution is 2.22. The second-order valence-electron chi connectivity index (χ2n) is 5.04. The van der Waals surface area contributed by atoms with Crippen LogP contribution in [0.15, 0.2) is 29.6 Å². The average molecular weight is 304 g/mol. The van der Waals surface area contributed by atoms with E-state index in [1.807, 2.05) is 12.4 Å². The fourth-order valence-electron chi connectivity index (χ4n) is 1.95. The first-order valence-electron chi connectivity index (χ1n) is 6.86. The summed E-state index contributed by atoms with van der Waals surface area (Å²) in [6, 6.07) is 8.51. The summed E-state index contributed by atoms with van der Waals surface area (Å²) in [7, 11) is 3.44. The molecule has 2 rings (SSSR count). The lowest BCUT2D eigenvalue weighted by molar-refractivity contribution is -0.140. The Morgan fingerprint density at radius 1 is 1.33 bits per heavy atom. The Balaban J connectivity index is 1.93. The fraction of sp³-hybridized carbons (Fsp3) is 0.375. The average Bonchev–Trinajstić information content (AvgIpc) is 2.96. The zero-order chi connectivity index (χ0) is 15.2. The van der Waals surface area contributed by atoms with Crippen LogP contribution >= 0.6 is 11.3 Å². The molecule has 0 amide bonds. The molecule has 0 spiro atoms. The molecule has 0 atom stereocenters. The van der Waals surface area contributed by atoms with Crippen LogP contribution in [0.3, 0.4) is 0 Å². The van der Waals surface area contributed by atoms with Gasteiger partial charge in [-0.3, -0.25) is 4.79 Å². The fourth-order valence-corrected chi connectivity index (χ4v) is 2.78. The van der Waals surface area contributed by atoms with Crippen molar-refractivity contribution in [1.82, 2.24) is 4.98 Å². The molecule has 0 saturated heterocycles. The summed E-state index contributed by atoms with van der Waals surface area (Å²) in [5.41, 5.74) is 3.46. The number of carbonyl (C=O) groups excluding carboxylic acids is 1. The quantitative estimate of drug-likeness (QED) is 0.769. The van der Waals surface area contributed by atoms with Crippen molar-refractivity contribution >= 4 is 22.4 Å². The van der Waals surface area contributed by atoms with Crippen molar-refractivity contribution in [1.29, 1.82) is 0 Å². The van der Waals surface area contributed by atoms with E-state index in [0.717, 1.165) is 17.4 Å². The molecule has 0 unspecified atom stereocenters. The van der Waals surface area contributed by atoms with Gasteiger partial charge in [-0.15, -0.1) is 11.3 Å². The third-order valence-corrected chi connectivity index (χ3v) is 4.22. The molecule has 4 nitrogen and oxygen atoms in total. The van der Waals surface area contributed by atoms with Gasteiger partial charge in [-0.2, -0.15) is 0 Å². The first kappa shape index (κ1) is 15.5. The van der Waals surface area contributed by atoms with Crippen LogP contribution in [0.5, 0.6) is 0 Å². The lowest BCUT2D eigenvalue weighted by atomic mass is 10.1. The minimum atomic E-state index is -0.197. The van der Waals surface area contributed by atoms with E-state index in [0.29, 0.717) is 12.8 Å². The predicted octanol–water partition coefficient (Wildman–Crippen LogP) is 3.19. The molecule has 0 N–H and O–H groups in total. The van der Waals surface area contributed by atoms with Crippen molar-refractivity contribution in [2.24, 2.45) is 0 Å². The Labute approximate surface area is 129 Å². The molecule has 0 aliphatic rings. The smallest absolute Gasteiger partial charge is 0.305 e. The number of aryl methyl sites for hydroxylation is 2. The molecule has 0 bridgehead atoms.